The zero-order valence-corrected chi connectivity index (χ0v) is 20.2. The summed E-state index contributed by atoms with van der Waals surface area (Å²) in [6.45, 7) is -0.486. The number of aromatic nitrogens is 2. The maximum atomic E-state index is 14.9. The lowest BCUT2D eigenvalue weighted by molar-refractivity contribution is 0.0912. The fourth-order valence-electron chi connectivity index (χ4n) is 4.14. The van der Waals surface area contributed by atoms with Crippen LogP contribution >= 0.6 is 22.6 Å². The number of anilines is 1. The van der Waals surface area contributed by atoms with Gasteiger partial charge in [0.1, 0.15) is 23.1 Å². The van der Waals surface area contributed by atoms with E-state index in [0.29, 0.717) is 38.9 Å². The summed E-state index contributed by atoms with van der Waals surface area (Å²) in [6.07, 6.45) is 3.25. The Morgan fingerprint density at radius 3 is 2.68 bits per heavy atom. The van der Waals surface area contributed by atoms with E-state index in [1.54, 1.807) is 12.3 Å². The molecule has 1 saturated carbocycles. The summed E-state index contributed by atoms with van der Waals surface area (Å²) in [4.78, 5) is 21.5. The van der Waals surface area contributed by atoms with E-state index in [2.05, 4.69) is 15.3 Å². The van der Waals surface area contributed by atoms with Crippen LogP contribution in [0.3, 0.4) is 0 Å². The number of nitrogens with zero attached hydrogens (tertiary/aromatic N) is 2. The van der Waals surface area contributed by atoms with Gasteiger partial charge in [-0.05, 0) is 77.7 Å². The lowest BCUT2D eigenvalue weighted by Gasteiger charge is -2.18. The van der Waals surface area contributed by atoms with Crippen LogP contribution < -0.4 is 11.1 Å². The molecule has 1 amide bonds. The Bertz CT molecular complexity index is 1210. The summed E-state index contributed by atoms with van der Waals surface area (Å²) in [5.41, 5.74) is 7.45. The number of carbonyl (C=O) groups is 1. The maximum absolute atomic E-state index is 14.9. The molecular weight excluding hydrogens is 557 g/mol. The average molecular weight is 580 g/mol. The Morgan fingerprint density at radius 2 is 2.03 bits per heavy atom. The minimum Gasteiger partial charge on any atom is -0.394 e. The standard InChI is InChI=1S/C24H23F2IN4O3/c25-15-5-14(6-16(27)9-15)21(11-32)31-24(34)18-4-2-13(8-19(18)26)22-23(28)29-10-20(30-22)12-1-3-17(33)7-12/h2,4-6,8-10,12,17,21,32-33H,1,3,7,11H2,(H2,28,29)(H,31,34)/t12-,17+,21?/m1/s1. The summed E-state index contributed by atoms with van der Waals surface area (Å²) >= 11 is 1.93. The van der Waals surface area contributed by atoms with Crippen molar-refractivity contribution in [2.24, 2.45) is 0 Å². The molecule has 1 heterocycles. The van der Waals surface area contributed by atoms with E-state index >= 15 is 0 Å². The molecule has 1 fully saturated rings. The quantitative estimate of drug-likeness (QED) is 0.330. The van der Waals surface area contributed by atoms with Gasteiger partial charge in [0, 0.05) is 15.1 Å². The second kappa shape index (κ2) is 10.3. The summed E-state index contributed by atoms with van der Waals surface area (Å²) in [5.74, 6) is -1.88. The third-order valence-electron chi connectivity index (χ3n) is 5.90. The fourth-order valence-corrected chi connectivity index (χ4v) is 4.80. The molecule has 34 heavy (non-hydrogen) atoms. The fraction of sp³-hybridized carbons (Fsp3) is 0.292. The molecule has 10 heteroatoms. The summed E-state index contributed by atoms with van der Waals surface area (Å²) in [5, 5.41) is 22.0. The summed E-state index contributed by atoms with van der Waals surface area (Å²) < 4.78 is 29.3. The molecule has 4 rings (SSSR count). The van der Waals surface area contributed by atoms with Crippen molar-refractivity contribution < 1.29 is 23.8 Å². The van der Waals surface area contributed by atoms with Crippen molar-refractivity contribution in [3.63, 3.8) is 0 Å². The van der Waals surface area contributed by atoms with E-state index < -0.39 is 30.2 Å². The molecule has 5 N–H and O–H groups in total. The van der Waals surface area contributed by atoms with Crippen LogP contribution in [0.25, 0.3) is 11.3 Å². The molecule has 2 aromatic carbocycles. The van der Waals surface area contributed by atoms with Crippen LogP contribution in [0.5, 0.6) is 0 Å². The number of benzene rings is 2. The third kappa shape index (κ3) is 5.34. The van der Waals surface area contributed by atoms with Crippen molar-refractivity contribution in [3.8, 4) is 11.3 Å². The van der Waals surface area contributed by atoms with Gasteiger partial charge in [-0.1, -0.05) is 6.07 Å². The van der Waals surface area contributed by atoms with Crippen LogP contribution in [0.15, 0.2) is 42.6 Å². The predicted molar refractivity (Wildman–Crippen MR) is 131 cm³/mol. The van der Waals surface area contributed by atoms with Crippen molar-refractivity contribution in [2.75, 3.05) is 12.3 Å². The van der Waals surface area contributed by atoms with Crippen LogP contribution in [0.2, 0.25) is 0 Å². The van der Waals surface area contributed by atoms with Gasteiger partial charge in [-0.2, -0.15) is 0 Å². The molecule has 0 saturated heterocycles. The molecule has 1 aliphatic rings. The molecule has 7 nitrogen and oxygen atoms in total. The van der Waals surface area contributed by atoms with E-state index in [-0.39, 0.29) is 23.4 Å². The number of nitrogens with two attached hydrogens (primary N) is 1. The van der Waals surface area contributed by atoms with Crippen molar-refractivity contribution in [1.82, 2.24) is 15.3 Å². The maximum Gasteiger partial charge on any atom is 0.254 e. The number of nitrogen functional groups attached to an aromatic ring is 1. The first-order valence-corrected chi connectivity index (χ1v) is 11.8. The number of halogens is 3. The molecule has 0 radical (unpaired) electrons. The van der Waals surface area contributed by atoms with Gasteiger partial charge in [-0.3, -0.25) is 4.79 Å². The Balaban J connectivity index is 1.57. The average Bonchev–Trinajstić information content (AvgIpc) is 3.23. The molecular formula is C24H23F2IN4O3. The molecule has 0 aliphatic heterocycles. The van der Waals surface area contributed by atoms with Gasteiger partial charge >= 0.3 is 0 Å². The van der Waals surface area contributed by atoms with Crippen LogP contribution in [0, 0.1) is 15.2 Å². The smallest absolute Gasteiger partial charge is 0.254 e. The topological polar surface area (TPSA) is 121 Å². The monoisotopic (exact) mass is 580 g/mol. The number of rotatable bonds is 6. The van der Waals surface area contributed by atoms with Crippen molar-refractivity contribution in [3.05, 3.63) is 74.6 Å². The molecule has 3 aromatic rings. The van der Waals surface area contributed by atoms with Gasteiger partial charge in [0.15, 0.2) is 0 Å². The van der Waals surface area contributed by atoms with Crippen molar-refractivity contribution >= 4 is 34.3 Å². The van der Waals surface area contributed by atoms with Gasteiger partial charge in [0.25, 0.3) is 5.91 Å². The lowest BCUT2D eigenvalue weighted by atomic mass is 10.0. The van der Waals surface area contributed by atoms with Crippen molar-refractivity contribution in [2.45, 2.75) is 37.3 Å². The number of aliphatic hydroxyl groups excluding tert-OH is 2. The van der Waals surface area contributed by atoms with Crippen LogP contribution in [0.4, 0.5) is 14.6 Å². The minimum absolute atomic E-state index is 0.0537. The Morgan fingerprint density at radius 1 is 1.24 bits per heavy atom. The van der Waals surface area contributed by atoms with Gasteiger partial charge in [-0.25, -0.2) is 18.7 Å². The first-order valence-electron chi connectivity index (χ1n) is 10.7. The number of nitrogens with one attached hydrogen (secondary N) is 1. The third-order valence-corrected chi connectivity index (χ3v) is 6.53. The van der Waals surface area contributed by atoms with Gasteiger partial charge in [0.2, 0.25) is 0 Å². The predicted octanol–water partition coefficient (Wildman–Crippen LogP) is 3.70. The van der Waals surface area contributed by atoms with Gasteiger partial charge in [-0.15, -0.1) is 0 Å². The Labute approximate surface area is 208 Å². The zero-order chi connectivity index (χ0) is 24.4. The van der Waals surface area contributed by atoms with E-state index in [1.165, 1.54) is 24.3 Å². The van der Waals surface area contributed by atoms with Crippen molar-refractivity contribution in [1.29, 1.82) is 0 Å². The van der Waals surface area contributed by atoms with Gasteiger partial charge < -0.3 is 21.3 Å². The summed E-state index contributed by atoms with van der Waals surface area (Å²) in [6, 6.07) is 7.22. The molecule has 1 aliphatic carbocycles. The highest BCUT2D eigenvalue weighted by atomic mass is 127. The largest absolute Gasteiger partial charge is 0.394 e. The molecule has 0 bridgehead atoms. The van der Waals surface area contributed by atoms with Crippen LogP contribution in [-0.4, -0.2) is 38.8 Å². The van der Waals surface area contributed by atoms with E-state index in [9.17, 15) is 23.8 Å². The highest BCUT2D eigenvalue weighted by Crippen LogP contribution is 2.35. The molecule has 3 atom stereocenters. The highest BCUT2D eigenvalue weighted by molar-refractivity contribution is 14.1. The molecule has 0 spiro atoms. The van der Waals surface area contributed by atoms with E-state index in [4.69, 9.17) is 5.73 Å². The second-order valence-electron chi connectivity index (χ2n) is 8.30. The van der Waals surface area contributed by atoms with Gasteiger partial charge in [0.05, 0.1) is 36.2 Å². The highest BCUT2D eigenvalue weighted by Gasteiger charge is 2.26. The van der Waals surface area contributed by atoms with E-state index in [1.807, 2.05) is 22.6 Å². The Hall–Kier alpha value is -2.70. The molecule has 1 aromatic heterocycles. The molecule has 1 unspecified atom stereocenters. The lowest BCUT2D eigenvalue weighted by Crippen LogP contribution is -2.31. The number of hydrogen-bond donors (Lipinski definition) is 4. The first-order chi connectivity index (χ1) is 16.2. The second-order valence-corrected chi connectivity index (χ2v) is 9.54. The number of carbonyl (C=O) groups excluding carboxylic acids is 1. The Kier molecular flexibility index (Phi) is 7.39. The SMILES string of the molecule is Nc1ncc([C@@H]2CC[C@H](O)C2)nc1-c1ccc(C(=O)NC(CO)c2cc(F)cc(I)c2)c(F)c1. The number of aliphatic hydroxyl groups is 2. The summed E-state index contributed by atoms with van der Waals surface area (Å²) in [7, 11) is 0. The normalized spacial score (nSPS) is 18.6. The number of amides is 1. The minimum atomic E-state index is -0.907. The first kappa shape index (κ1) is 24.4. The zero-order valence-electron chi connectivity index (χ0n) is 18.0. The van der Waals surface area contributed by atoms with E-state index in [0.717, 1.165) is 12.5 Å². The molecule has 178 valence electrons. The van der Waals surface area contributed by atoms with Crippen LogP contribution in [0.1, 0.15) is 52.8 Å². The number of hydrogen-bond acceptors (Lipinski definition) is 6. The van der Waals surface area contributed by atoms with Crippen LogP contribution in [-0.2, 0) is 0 Å².